The molecule has 3 fully saturated rings. The summed E-state index contributed by atoms with van der Waals surface area (Å²) in [6.07, 6.45) is 10.3. The lowest BCUT2D eigenvalue weighted by Gasteiger charge is -2.31. The third-order valence-corrected chi connectivity index (χ3v) is 7.42. The molecule has 0 bridgehead atoms. The standard InChI is InChI=1S/C28H40O7/c29-24-19-25(35-28-11-5-7-17-33-28)22(23(24)18-26(30)31)15-14-21(34-27-10-4-6-16-32-27)13-12-20-8-2-1-3-9-20/h1-3,8-9,12-13,21-25,27-29H,4-7,10-11,14-19H2,(H,30,31)/b13-12-/t21?,22-,23-,24+,25-,27?,28?/m1/s1. The van der Waals surface area contributed by atoms with Crippen LogP contribution in [0.15, 0.2) is 36.4 Å². The molecule has 0 radical (unpaired) electrons. The van der Waals surface area contributed by atoms with Gasteiger partial charge in [-0.2, -0.15) is 0 Å². The molecule has 3 unspecified atom stereocenters. The second-order valence-corrected chi connectivity index (χ2v) is 10.0. The normalized spacial score (nSPS) is 32.6. The molecule has 0 aromatic heterocycles. The topological polar surface area (TPSA) is 94.5 Å². The van der Waals surface area contributed by atoms with Crippen LogP contribution in [0.2, 0.25) is 0 Å². The summed E-state index contributed by atoms with van der Waals surface area (Å²) in [5.41, 5.74) is 1.10. The fraction of sp³-hybridized carbons (Fsp3) is 0.679. The Labute approximate surface area is 208 Å². The molecule has 194 valence electrons. The minimum absolute atomic E-state index is 0.0612. The Morgan fingerprint density at radius 1 is 1.03 bits per heavy atom. The molecule has 0 amide bonds. The minimum atomic E-state index is -0.888. The van der Waals surface area contributed by atoms with Crippen LogP contribution in [0.25, 0.3) is 6.08 Å². The zero-order chi connectivity index (χ0) is 24.5. The van der Waals surface area contributed by atoms with E-state index in [2.05, 4.69) is 24.3 Å². The maximum Gasteiger partial charge on any atom is 0.303 e. The first-order valence-corrected chi connectivity index (χ1v) is 13.3. The van der Waals surface area contributed by atoms with Gasteiger partial charge in [0.05, 0.1) is 24.7 Å². The van der Waals surface area contributed by atoms with Crippen molar-refractivity contribution >= 4 is 12.0 Å². The van der Waals surface area contributed by atoms with E-state index in [4.69, 9.17) is 18.9 Å². The number of aliphatic hydroxyl groups is 1. The Morgan fingerprint density at radius 3 is 2.40 bits per heavy atom. The lowest BCUT2D eigenvalue weighted by molar-refractivity contribution is -0.198. The smallest absolute Gasteiger partial charge is 0.303 e. The van der Waals surface area contributed by atoms with Gasteiger partial charge < -0.3 is 29.2 Å². The number of aliphatic carboxylic acids is 1. The van der Waals surface area contributed by atoms with Crippen molar-refractivity contribution in [1.29, 1.82) is 0 Å². The number of carboxylic acids is 1. The zero-order valence-corrected chi connectivity index (χ0v) is 20.5. The van der Waals surface area contributed by atoms with Crippen LogP contribution in [0.5, 0.6) is 0 Å². The monoisotopic (exact) mass is 488 g/mol. The summed E-state index contributed by atoms with van der Waals surface area (Å²) in [4.78, 5) is 11.6. The molecule has 35 heavy (non-hydrogen) atoms. The molecular formula is C28H40O7. The average molecular weight is 489 g/mol. The van der Waals surface area contributed by atoms with Crippen molar-refractivity contribution in [3.63, 3.8) is 0 Å². The van der Waals surface area contributed by atoms with Crippen molar-refractivity contribution in [2.45, 2.75) is 95.1 Å². The van der Waals surface area contributed by atoms with Crippen LogP contribution >= 0.6 is 0 Å². The van der Waals surface area contributed by atoms with E-state index < -0.39 is 12.1 Å². The quantitative estimate of drug-likeness (QED) is 0.463. The summed E-state index contributed by atoms with van der Waals surface area (Å²) in [6, 6.07) is 10.1. The molecule has 4 rings (SSSR count). The first-order valence-electron chi connectivity index (χ1n) is 13.3. The van der Waals surface area contributed by atoms with E-state index >= 15 is 0 Å². The summed E-state index contributed by atoms with van der Waals surface area (Å²) >= 11 is 0. The number of aliphatic hydroxyl groups excluding tert-OH is 1. The van der Waals surface area contributed by atoms with E-state index in [-0.39, 0.29) is 43.0 Å². The number of benzene rings is 1. The highest BCUT2D eigenvalue weighted by molar-refractivity contribution is 5.67. The second kappa shape index (κ2) is 13.5. The highest BCUT2D eigenvalue weighted by atomic mass is 16.7. The number of carboxylic acid groups (broad SMARTS) is 1. The van der Waals surface area contributed by atoms with E-state index in [1.165, 1.54) is 0 Å². The molecule has 7 nitrogen and oxygen atoms in total. The average Bonchev–Trinajstić information content (AvgIpc) is 3.15. The van der Waals surface area contributed by atoms with E-state index in [1.54, 1.807) is 0 Å². The molecule has 1 aromatic carbocycles. The number of hydrogen-bond donors (Lipinski definition) is 2. The highest BCUT2D eigenvalue weighted by Crippen LogP contribution is 2.41. The number of carbonyl (C=O) groups is 1. The van der Waals surface area contributed by atoms with Gasteiger partial charge in [-0.1, -0.05) is 42.5 Å². The molecule has 7 heteroatoms. The summed E-state index contributed by atoms with van der Waals surface area (Å²) in [6.45, 7) is 1.40. The van der Waals surface area contributed by atoms with Crippen LogP contribution in [0, 0.1) is 11.8 Å². The van der Waals surface area contributed by atoms with E-state index in [9.17, 15) is 15.0 Å². The maximum absolute atomic E-state index is 11.6. The molecule has 1 aliphatic carbocycles. The van der Waals surface area contributed by atoms with Crippen LogP contribution < -0.4 is 0 Å². The summed E-state index contributed by atoms with van der Waals surface area (Å²) in [5.74, 6) is -1.30. The van der Waals surface area contributed by atoms with Crippen LogP contribution in [0.4, 0.5) is 0 Å². The summed E-state index contributed by atoms with van der Waals surface area (Å²) in [5, 5.41) is 20.2. The first-order chi connectivity index (χ1) is 17.1. The molecular weight excluding hydrogens is 448 g/mol. The molecule has 2 heterocycles. The van der Waals surface area contributed by atoms with Crippen LogP contribution in [0.1, 0.15) is 69.8 Å². The van der Waals surface area contributed by atoms with E-state index in [0.29, 0.717) is 32.5 Å². The Balaban J connectivity index is 1.44. The van der Waals surface area contributed by atoms with Crippen LogP contribution in [-0.4, -0.2) is 60.3 Å². The van der Waals surface area contributed by atoms with Gasteiger partial charge >= 0.3 is 5.97 Å². The fourth-order valence-electron chi connectivity index (χ4n) is 5.57. The molecule has 0 spiro atoms. The van der Waals surface area contributed by atoms with Gasteiger partial charge in [0.25, 0.3) is 0 Å². The largest absolute Gasteiger partial charge is 0.481 e. The van der Waals surface area contributed by atoms with Crippen molar-refractivity contribution in [3.8, 4) is 0 Å². The van der Waals surface area contributed by atoms with Gasteiger partial charge in [-0.25, -0.2) is 0 Å². The van der Waals surface area contributed by atoms with Crippen molar-refractivity contribution in [2.24, 2.45) is 11.8 Å². The predicted octanol–water partition coefficient (Wildman–Crippen LogP) is 4.78. The summed E-state index contributed by atoms with van der Waals surface area (Å²) < 4.78 is 24.3. The van der Waals surface area contributed by atoms with E-state index in [1.807, 2.05) is 18.2 Å². The predicted molar refractivity (Wildman–Crippen MR) is 131 cm³/mol. The summed E-state index contributed by atoms with van der Waals surface area (Å²) in [7, 11) is 0. The van der Waals surface area contributed by atoms with Crippen molar-refractivity contribution in [2.75, 3.05) is 13.2 Å². The Kier molecular flexibility index (Phi) is 10.2. The third kappa shape index (κ3) is 8.12. The number of hydrogen-bond acceptors (Lipinski definition) is 6. The second-order valence-electron chi connectivity index (χ2n) is 10.0. The molecule has 1 saturated carbocycles. The van der Waals surface area contributed by atoms with Gasteiger partial charge in [0.2, 0.25) is 0 Å². The van der Waals surface area contributed by atoms with Gasteiger partial charge in [-0.05, 0) is 62.8 Å². The molecule has 3 aliphatic rings. The SMILES string of the molecule is O=C(O)C[C@@H]1[C@@H](CCC(/C=C\c2ccccc2)OC2CCCCO2)[C@H](OC2CCCCO2)C[C@@H]1O. The minimum Gasteiger partial charge on any atom is -0.481 e. The van der Waals surface area contributed by atoms with Crippen molar-refractivity contribution in [3.05, 3.63) is 42.0 Å². The lowest BCUT2D eigenvalue weighted by atomic mass is 9.86. The first kappa shape index (κ1) is 26.3. The van der Waals surface area contributed by atoms with Crippen molar-refractivity contribution < 1.29 is 34.0 Å². The molecule has 2 saturated heterocycles. The Bertz CT molecular complexity index is 786. The highest BCUT2D eigenvalue weighted by Gasteiger charge is 2.45. The van der Waals surface area contributed by atoms with E-state index in [0.717, 1.165) is 44.1 Å². The maximum atomic E-state index is 11.6. The van der Waals surface area contributed by atoms with Gasteiger partial charge in [0, 0.05) is 25.6 Å². The zero-order valence-electron chi connectivity index (χ0n) is 20.5. The van der Waals surface area contributed by atoms with Gasteiger partial charge in [0.1, 0.15) is 0 Å². The lowest BCUT2D eigenvalue weighted by Crippen LogP contribution is -2.33. The van der Waals surface area contributed by atoms with Crippen molar-refractivity contribution in [1.82, 2.24) is 0 Å². The third-order valence-electron chi connectivity index (χ3n) is 7.42. The number of rotatable bonds is 11. The molecule has 1 aromatic rings. The Hall–Kier alpha value is -1.77. The van der Waals surface area contributed by atoms with Crippen LogP contribution in [0.3, 0.4) is 0 Å². The van der Waals surface area contributed by atoms with Crippen LogP contribution in [-0.2, 0) is 23.7 Å². The number of ether oxygens (including phenoxy) is 4. The van der Waals surface area contributed by atoms with Gasteiger partial charge in [-0.15, -0.1) is 0 Å². The van der Waals surface area contributed by atoms with Gasteiger partial charge in [-0.3, -0.25) is 4.79 Å². The molecule has 2 aliphatic heterocycles. The molecule has 7 atom stereocenters. The fourth-order valence-corrected chi connectivity index (χ4v) is 5.57. The Morgan fingerprint density at radius 2 is 1.74 bits per heavy atom. The molecule has 2 N–H and O–H groups in total. The van der Waals surface area contributed by atoms with Gasteiger partial charge in [0.15, 0.2) is 12.6 Å².